The van der Waals surface area contributed by atoms with Crippen LogP contribution in [0, 0.1) is 0 Å². The number of sulfonamides is 1. The van der Waals surface area contributed by atoms with E-state index in [9.17, 15) is 13.2 Å². The molecule has 4 aromatic rings. The maximum atomic E-state index is 13.3. The summed E-state index contributed by atoms with van der Waals surface area (Å²) in [6.07, 6.45) is 0.934. The molecule has 40 heavy (non-hydrogen) atoms. The number of carbonyl (C=O) groups excluding carboxylic acids is 1. The minimum absolute atomic E-state index is 0.146. The van der Waals surface area contributed by atoms with E-state index in [2.05, 4.69) is 41.2 Å². The number of aliphatic imine (C=N–C) groups is 1. The Bertz CT molecular complexity index is 1620. The highest BCUT2D eigenvalue weighted by atomic mass is 32.2. The lowest BCUT2D eigenvalue weighted by molar-refractivity contribution is -0.115. The van der Waals surface area contributed by atoms with Crippen molar-refractivity contribution >= 4 is 38.7 Å². The quantitative estimate of drug-likeness (QED) is 0.251. The van der Waals surface area contributed by atoms with Crippen LogP contribution in [0.5, 0.6) is 0 Å². The van der Waals surface area contributed by atoms with Crippen LogP contribution in [0.3, 0.4) is 0 Å². The molecule has 8 heteroatoms. The van der Waals surface area contributed by atoms with Gasteiger partial charge in [0.15, 0.2) is 0 Å². The monoisotopic (exact) mass is 552 g/mol. The van der Waals surface area contributed by atoms with Gasteiger partial charge in [0.25, 0.3) is 0 Å². The number of rotatable bonds is 10. The van der Waals surface area contributed by atoms with Gasteiger partial charge in [-0.3, -0.25) is 14.5 Å². The molecule has 1 atom stereocenters. The van der Waals surface area contributed by atoms with Crippen molar-refractivity contribution in [3.8, 4) is 0 Å². The number of amides is 1. The summed E-state index contributed by atoms with van der Waals surface area (Å²) in [4.78, 5) is 20.4. The smallest absolute Gasteiger partial charge is 0.238 e. The molecule has 0 bridgehead atoms. The van der Waals surface area contributed by atoms with Crippen LogP contribution in [0.4, 0.5) is 17.1 Å². The minimum atomic E-state index is -3.66. The number of benzene rings is 4. The lowest BCUT2D eigenvalue weighted by Gasteiger charge is -2.15. The predicted molar refractivity (Wildman–Crippen MR) is 162 cm³/mol. The topological polar surface area (TPSA) is 90.9 Å². The number of fused-ring (bicyclic) bond motifs is 1. The van der Waals surface area contributed by atoms with Gasteiger partial charge < -0.3 is 10.2 Å². The van der Waals surface area contributed by atoms with E-state index >= 15 is 0 Å². The third kappa shape index (κ3) is 6.65. The van der Waals surface area contributed by atoms with Gasteiger partial charge in [0, 0.05) is 17.9 Å². The Morgan fingerprint density at radius 3 is 2.23 bits per heavy atom. The fourth-order valence-corrected chi connectivity index (χ4v) is 5.93. The third-order valence-corrected chi connectivity index (χ3v) is 7.99. The molecule has 1 amide bonds. The van der Waals surface area contributed by atoms with Crippen LogP contribution in [0.25, 0.3) is 0 Å². The average molecular weight is 553 g/mol. The molecule has 5 rings (SSSR count). The summed E-state index contributed by atoms with van der Waals surface area (Å²) in [5, 5.41) is 2.95. The van der Waals surface area contributed by atoms with Gasteiger partial charge in [-0.1, -0.05) is 72.8 Å². The van der Waals surface area contributed by atoms with Gasteiger partial charge in [-0.15, -0.1) is 0 Å². The summed E-state index contributed by atoms with van der Waals surface area (Å²) < 4.78 is 28.5. The molecule has 0 aromatic heterocycles. The zero-order valence-electron chi connectivity index (χ0n) is 22.5. The van der Waals surface area contributed by atoms with Gasteiger partial charge in [0.2, 0.25) is 15.9 Å². The lowest BCUT2D eigenvalue weighted by atomic mass is 9.90. The van der Waals surface area contributed by atoms with Crippen molar-refractivity contribution in [2.45, 2.75) is 18.1 Å². The number of hydrogen-bond acceptors (Lipinski definition) is 5. The van der Waals surface area contributed by atoms with Crippen molar-refractivity contribution in [3.05, 3.63) is 125 Å². The van der Waals surface area contributed by atoms with Gasteiger partial charge in [0.1, 0.15) is 5.92 Å². The van der Waals surface area contributed by atoms with E-state index in [-0.39, 0.29) is 11.7 Å². The third-order valence-electron chi connectivity index (χ3n) is 6.73. The maximum absolute atomic E-state index is 13.3. The van der Waals surface area contributed by atoms with E-state index in [1.807, 2.05) is 60.7 Å². The van der Waals surface area contributed by atoms with Gasteiger partial charge in [-0.05, 0) is 73.1 Å². The first-order chi connectivity index (χ1) is 19.3. The Morgan fingerprint density at radius 2 is 1.55 bits per heavy atom. The van der Waals surface area contributed by atoms with E-state index in [0.29, 0.717) is 28.2 Å². The molecule has 0 saturated heterocycles. The maximum Gasteiger partial charge on any atom is 0.238 e. The zero-order valence-corrected chi connectivity index (χ0v) is 23.4. The number of anilines is 2. The lowest BCUT2D eigenvalue weighted by Crippen LogP contribution is -2.22. The molecule has 1 heterocycles. The Hall–Kier alpha value is -4.27. The first-order valence-corrected chi connectivity index (χ1v) is 14.8. The predicted octanol–water partition coefficient (Wildman–Crippen LogP) is 5.59. The number of nitrogens with zero attached hydrogens (tertiary/aromatic N) is 2. The first-order valence-electron chi connectivity index (χ1n) is 13.1. The molecule has 204 valence electrons. The molecule has 0 radical (unpaired) electrons. The molecule has 4 aromatic carbocycles. The van der Waals surface area contributed by atoms with Gasteiger partial charge in [-0.25, -0.2) is 8.42 Å². The number of likely N-dealkylation sites (N-methyl/N-ethyl adjacent to an activating group) is 1. The van der Waals surface area contributed by atoms with Crippen LogP contribution < -0.4 is 10.0 Å². The number of nitrogens with one attached hydrogen (secondary N) is 2. The number of hydrogen-bond donors (Lipinski definition) is 2. The summed E-state index contributed by atoms with van der Waals surface area (Å²) in [5.74, 6) is -1.05. The molecule has 1 aliphatic heterocycles. The van der Waals surface area contributed by atoms with Crippen molar-refractivity contribution in [1.82, 2.24) is 4.90 Å². The van der Waals surface area contributed by atoms with E-state index < -0.39 is 15.9 Å². The van der Waals surface area contributed by atoms with Crippen LogP contribution in [-0.2, 0) is 27.0 Å². The zero-order chi connectivity index (χ0) is 28.1. The normalized spacial score (nSPS) is 15.1. The molecular formula is C32H32N4O3S. The van der Waals surface area contributed by atoms with Crippen molar-refractivity contribution in [2.75, 3.05) is 30.7 Å². The van der Waals surface area contributed by atoms with Gasteiger partial charge >= 0.3 is 0 Å². The molecule has 0 saturated carbocycles. The van der Waals surface area contributed by atoms with E-state index in [0.717, 1.165) is 24.2 Å². The second-order valence-corrected chi connectivity index (χ2v) is 11.9. The van der Waals surface area contributed by atoms with E-state index in [1.54, 1.807) is 30.3 Å². The molecule has 0 fully saturated rings. The first kappa shape index (κ1) is 27.3. The van der Waals surface area contributed by atoms with E-state index in [1.165, 1.54) is 5.56 Å². The van der Waals surface area contributed by atoms with Crippen LogP contribution in [0.2, 0.25) is 0 Å². The van der Waals surface area contributed by atoms with Crippen molar-refractivity contribution in [2.24, 2.45) is 4.99 Å². The summed E-state index contributed by atoms with van der Waals surface area (Å²) in [7, 11) is 0.441. The fourth-order valence-electron chi connectivity index (χ4n) is 4.74. The number of carbonyl (C=O) groups is 1. The summed E-state index contributed by atoms with van der Waals surface area (Å²) in [6, 6.07) is 31.8. The molecule has 1 unspecified atom stereocenters. The highest BCUT2D eigenvalue weighted by Crippen LogP contribution is 2.38. The molecule has 0 aliphatic carbocycles. The summed E-state index contributed by atoms with van der Waals surface area (Å²) in [6.45, 7) is 0.953. The van der Waals surface area contributed by atoms with Crippen molar-refractivity contribution in [3.63, 3.8) is 0 Å². The molecule has 1 aliphatic rings. The molecular weight excluding hydrogens is 520 g/mol. The second-order valence-electron chi connectivity index (χ2n) is 10.2. The van der Waals surface area contributed by atoms with Crippen LogP contribution in [0.15, 0.2) is 108 Å². The Morgan fingerprint density at radius 1 is 0.875 bits per heavy atom. The minimum Gasteiger partial charge on any atom is -0.325 e. The molecule has 2 N–H and O–H groups in total. The van der Waals surface area contributed by atoms with Crippen molar-refractivity contribution in [1.29, 1.82) is 0 Å². The summed E-state index contributed by atoms with van der Waals surface area (Å²) >= 11 is 0. The Labute approximate surface area is 235 Å². The largest absolute Gasteiger partial charge is 0.325 e. The summed E-state index contributed by atoms with van der Waals surface area (Å²) in [5.41, 5.74) is 5.79. The fraction of sp³-hybridized carbons (Fsp3) is 0.188. The molecule has 0 spiro atoms. The second kappa shape index (κ2) is 11.9. The van der Waals surface area contributed by atoms with Crippen LogP contribution in [-0.4, -0.2) is 45.6 Å². The molecule has 7 nitrogen and oxygen atoms in total. The standard InChI is InChI=1S/C32H32N4O3S/c1-36(2)20-19-23-13-15-26(16-14-23)33-31(25-11-7-4-8-12-25)30-28-21-27(17-18-29(28)34-32(30)37)35-40(38,39)22-24-9-5-3-6-10-24/h3-18,21,30,35H,19-20,22H2,1-2H3,(H,34,37). The van der Waals surface area contributed by atoms with Crippen molar-refractivity contribution < 1.29 is 13.2 Å². The van der Waals surface area contributed by atoms with Gasteiger partial charge in [-0.2, -0.15) is 0 Å². The van der Waals surface area contributed by atoms with E-state index in [4.69, 9.17) is 4.99 Å². The van der Waals surface area contributed by atoms with Crippen LogP contribution in [0.1, 0.15) is 28.2 Å². The van der Waals surface area contributed by atoms with Crippen LogP contribution >= 0.6 is 0 Å². The Kier molecular flexibility index (Phi) is 8.09. The Balaban J connectivity index is 1.47. The highest BCUT2D eigenvalue weighted by molar-refractivity contribution is 7.91. The SMILES string of the molecule is CN(C)CCc1ccc(N=C(c2ccccc2)C2C(=O)Nc3ccc(NS(=O)(=O)Cc4ccccc4)cc32)cc1. The highest BCUT2D eigenvalue weighted by Gasteiger charge is 2.36. The van der Waals surface area contributed by atoms with Gasteiger partial charge in [0.05, 0.1) is 17.2 Å². The average Bonchev–Trinajstić information content (AvgIpc) is 3.26.